The van der Waals surface area contributed by atoms with Crippen LogP contribution in [0.25, 0.3) is 0 Å². The van der Waals surface area contributed by atoms with E-state index in [-0.39, 0.29) is 22.9 Å². The van der Waals surface area contributed by atoms with Crippen molar-refractivity contribution in [2.75, 3.05) is 5.73 Å². The van der Waals surface area contributed by atoms with Crippen molar-refractivity contribution in [1.82, 2.24) is 0 Å². The van der Waals surface area contributed by atoms with Gasteiger partial charge in [0, 0.05) is 11.1 Å². The summed E-state index contributed by atoms with van der Waals surface area (Å²) < 4.78 is 4.52. The van der Waals surface area contributed by atoms with E-state index in [0.717, 1.165) is 0 Å². The molecular formula is C7H5Cl2NO2. The smallest absolute Gasteiger partial charge is 0.298 e. The Balaban J connectivity index is 3.17. The first-order chi connectivity index (χ1) is 5.65. The first-order valence-corrected chi connectivity index (χ1v) is 3.75. The van der Waals surface area contributed by atoms with Crippen LogP contribution in [-0.4, -0.2) is 6.47 Å². The number of halogens is 2. The summed E-state index contributed by atoms with van der Waals surface area (Å²) in [5.74, 6) is 0.164. The second-order valence-corrected chi connectivity index (χ2v) is 2.84. The van der Waals surface area contributed by atoms with Gasteiger partial charge < -0.3 is 10.5 Å². The molecule has 0 amide bonds. The summed E-state index contributed by atoms with van der Waals surface area (Å²) in [5, 5.41) is 0.556. The molecule has 0 radical (unpaired) electrons. The minimum absolute atomic E-state index is 0.164. The molecule has 0 aromatic heterocycles. The van der Waals surface area contributed by atoms with Gasteiger partial charge in [-0.2, -0.15) is 0 Å². The van der Waals surface area contributed by atoms with E-state index in [1.165, 1.54) is 12.1 Å². The highest BCUT2D eigenvalue weighted by molar-refractivity contribution is 6.36. The van der Waals surface area contributed by atoms with E-state index in [9.17, 15) is 4.79 Å². The number of nitrogen functional groups attached to an aromatic ring is 1. The summed E-state index contributed by atoms with van der Waals surface area (Å²) in [6.07, 6.45) is 0. The van der Waals surface area contributed by atoms with E-state index >= 15 is 0 Å². The predicted molar refractivity (Wildman–Crippen MR) is 47.6 cm³/mol. The maximum Gasteiger partial charge on any atom is 0.298 e. The van der Waals surface area contributed by atoms with Gasteiger partial charge in [-0.05, 0) is 6.07 Å². The molecule has 0 saturated heterocycles. The van der Waals surface area contributed by atoms with Crippen molar-refractivity contribution >= 4 is 35.4 Å². The van der Waals surface area contributed by atoms with Crippen LogP contribution in [0.1, 0.15) is 0 Å². The lowest BCUT2D eigenvalue weighted by Gasteiger charge is -2.04. The minimum atomic E-state index is 0.164. The molecule has 0 unspecified atom stereocenters. The Labute approximate surface area is 79.0 Å². The fourth-order valence-electron chi connectivity index (χ4n) is 0.722. The average molecular weight is 206 g/mol. The van der Waals surface area contributed by atoms with Gasteiger partial charge in [0.2, 0.25) is 0 Å². The number of benzene rings is 1. The van der Waals surface area contributed by atoms with Crippen LogP contribution in [0.15, 0.2) is 12.1 Å². The van der Waals surface area contributed by atoms with Gasteiger partial charge in [0.1, 0.15) is 5.02 Å². The zero-order valence-corrected chi connectivity index (χ0v) is 7.39. The fourth-order valence-corrected chi connectivity index (χ4v) is 1.09. The molecule has 5 heteroatoms. The molecule has 0 fully saturated rings. The average Bonchev–Trinajstić information content (AvgIpc) is 2.00. The highest BCUT2D eigenvalue weighted by atomic mass is 35.5. The van der Waals surface area contributed by atoms with Crippen molar-refractivity contribution in [2.24, 2.45) is 0 Å². The highest BCUT2D eigenvalue weighted by Gasteiger charge is 2.06. The number of ether oxygens (including phenoxy) is 1. The van der Waals surface area contributed by atoms with Crippen molar-refractivity contribution in [3.8, 4) is 5.75 Å². The second-order valence-electron chi connectivity index (χ2n) is 2.02. The van der Waals surface area contributed by atoms with E-state index in [1.807, 2.05) is 0 Å². The molecule has 64 valence electrons. The summed E-state index contributed by atoms with van der Waals surface area (Å²) in [6, 6.07) is 2.89. The van der Waals surface area contributed by atoms with Gasteiger partial charge in [-0.1, -0.05) is 23.2 Å². The number of hydrogen-bond acceptors (Lipinski definition) is 3. The SMILES string of the molecule is Nc1cc(Cl)cc(OC=O)c1Cl. The van der Waals surface area contributed by atoms with Gasteiger partial charge in [0.25, 0.3) is 6.47 Å². The molecule has 12 heavy (non-hydrogen) atoms. The Morgan fingerprint density at radius 1 is 1.42 bits per heavy atom. The molecular weight excluding hydrogens is 201 g/mol. The Morgan fingerprint density at radius 3 is 2.67 bits per heavy atom. The summed E-state index contributed by atoms with van der Waals surface area (Å²) in [6.45, 7) is 0.261. The van der Waals surface area contributed by atoms with Crippen LogP contribution in [0.5, 0.6) is 5.75 Å². The van der Waals surface area contributed by atoms with Crippen LogP contribution in [0, 0.1) is 0 Å². The van der Waals surface area contributed by atoms with Crippen LogP contribution in [0.3, 0.4) is 0 Å². The van der Waals surface area contributed by atoms with Crippen LogP contribution >= 0.6 is 23.2 Å². The van der Waals surface area contributed by atoms with Crippen molar-refractivity contribution in [3.63, 3.8) is 0 Å². The highest BCUT2D eigenvalue weighted by Crippen LogP contribution is 2.33. The van der Waals surface area contributed by atoms with E-state index in [1.54, 1.807) is 0 Å². The van der Waals surface area contributed by atoms with Crippen molar-refractivity contribution in [3.05, 3.63) is 22.2 Å². The summed E-state index contributed by atoms with van der Waals surface area (Å²) in [7, 11) is 0. The molecule has 1 aromatic carbocycles. The molecule has 1 rings (SSSR count). The van der Waals surface area contributed by atoms with Crippen LogP contribution in [0.2, 0.25) is 10.0 Å². The molecule has 0 bridgehead atoms. The summed E-state index contributed by atoms with van der Waals surface area (Å²) in [4.78, 5) is 9.98. The topological polar surface area (TPSA) is 52.3 Å². The molecule has 3 nitrogen and oxygen atoms in total. The fraction of sp³-hybridized carbons (Fsp3) is 0. The lowest BCUT2D eigenvalue weighted by Crippen LogP contribution is -1.93. The molecule has 0 saturated carbocycles. The number of carbonyl (C=O) groups is 1. The molecule has 2 N–H and O–H groups in total. The van der Waals surface area contributed by atoms with Gasteiger partial charge >= 0.3 is 0 Å². The van der Waals surface area contributed by atoms with E-state index in [4.69, 9.17) is 28.9 Å². The Morgan fingerprint density at radius 2 is 2.08 bits per heavy atom. The Kier molecular flexibility index (Phi) is 2.78. The first kappa shape index (κ1) is 9.16. The van der Waals surface area contributed by atoms with Gasteiger partial charge in [-0.25, -0.2) is 0 Å². The largest absolute Gasteiger partial charge is 0.427 e. The third-order valence-corrected chi connectivity index (χ3v) is 1.83. The Hall–Kier alpha value is -0.930. The second kappa shape index (κ2) is 3.65. The quantitative estimate of drug-likeness (QED) is 0.595. The normalized spacial score (nSPS) is 9.50. The molecule has 0 aliphatic rings. The van der Waals surface area contributed by atoms with Gasteiger partial charge in [-0.15, -0.1) is 0 Å². The number of anilines is 1. The molecule has 1 aromatic rings. The maximum absolute atomic E-state index is 9.98. The van der Waals surface area contributed by atoms with Gasteiger partial charge in [0.15, 0.2) is 5.75 Å². The lowest BCUT2D eigenvalue weighted by atomic mass is 10.3. The first-order valence-electron chi connectivity index (χ1n) is 3.00. The summed E-state index contributed by atoms with van der Waals surface area (Å²) >= 11 is 11.3. The molecule has 0 aliphatic carbocycles. The number of rotatable bonds is 2. The van der Waals surface area contributed by atoms with Crippen LogP contribution < -0.4 is 10.5 Å². The van der Waals surface area contributed by atoms with Crippen molar-refractivity contribution in [1.29, 1.82) is 0 Å². The zero-order chi connectivity index (χ0) is 9.14. The van der Waals surface area contributed by atoms with E-state index in [0.29, 0.717) is 5.02 Å². The standard InChI is InChI=1S/C7H5Cl2NO2/c8-4-1-5(10)7(9)6(2-4)12-3-11/h1-3H,10H2. The van der Waals surface area contributed by atoms with Gasteiger partial charge in [-0.3, -0.25) is 4.79 Å². The summed E-state index contributed by atoms with van der Waals surface area (Å²) in [5.41, 5.74) is 5.72. The van der Waals surface area contributed by atoms with E-state index < -0.39 is 0 Å². The van der Waals surface area contributed by atoms with Gasteiger partial charge in [0.05, 0.1) is 5.69 Å². The predicted octanol–water partition coefficient (Wildman–Crippen LogP) is 2.11. The molecule has 0 atom stereocenters. The van der Waals surface area contributed by atoms with Crippen molar-refractivity contribution < 1.29 is 9.53 Å². The van der Waals surface area contributed by atoms with Crippen LogP contribution in [-0.2, 0) is 4.79 Å². The van der Waals surface area contributed by atoms with Crippen LogP contribution in [0.4, 0.5) is 5.69 Å². The Bertz CT molecular complexity index is 315. The molecule has 0 heterocycles. The maximum atomic E-state index is 9.98. The number of carbonyl (C=O) groups excluding carboxylic acids is 1. The molecule has 0 aliphatic heterocycles. The minimum Gasteiger partial charge on any atom is -0.427 e. The zero-order valence-electron chi connectivity index (χ0n) is 5.88. The third kappa shape index (κ3) is 1.81. The number of nitrogens with two attached hydrogens (primary N) is 1. The third-order valence-electron chi connectivity index (χ3n) is 1.21. The lowest BCUT2D eigenvalue weighted by molar-refractivity contribution is -0.120. The number of hydrogen-bond donors (Lipinski definition) is 1. The van der Waals surface area contributed by atoms with E-state index in [2.05, 4.69) is 4.74 Å². The molecule has 0 spiro atoms. The monoisotopic (exact) mass is 205 g/mol. The van der Waals surface area contributed by atoms with Crippen molar-refractivity contribution in [2.45, 2.75) is 0 Å².